The smallest absolute Gasteiger partial charge is 0.161 e. The zero-order valence-electron chi connectivity index (χ0n) is 12.2. The van der Waals surface area contributed by atoms with Crippen molar-refractivity contribution < 1.29 is 9.18 Å². The monoisotopic (exact) mass is 266 g/mol. The van der Waals surface area contributed by atoms with Crippen LogP contribution in [0.5, 0.6) is 0 Å². The van der Waals surface area contributed by atoms with Crippen LogP contribution in [0, 0.1) is 5.82 Å². The summed E-state index contributed by atoms with van der Waals surface area (Å²) in [4.78, 5) is 15.9. The van der Waals surface area contributed by atoms with Gasteiger partial charge in [0.2, 0.25) is 0 Å². The molecule has 0 fully saturated rings. The fourth-order valence-corrected chi connectivity index (χ4v) is 2.09. The van der Waals surface area contributed by atoms with Crippen LogP contribution >= 0.6 is 0 Å². The lowest BCUT2D eigenvalue weighted by Crippen LogP contribution is -2.28. The number of rotatable bonds is 7. The number of benzene rings is 1. The second-order valence-corrected chi connectivity index (χ2v) is 4.95. The molecule has 19 heavy (non-hydrogen) atoms. The number of ketones is 1. The lowest BCUT2D eigenvalue weighted by Gasteiger charge is -2.25. The van der Waals surface area contributed by atoms with E-state index in [1.807, 2.05) is 21.0 Å². The summed E-state index contributed by atoms with van der Waals surface area (Å²) in [6, 6.07) is 4.44. The summed E-state index contributed by atoms with van der Waals surface area (Å²) >= 11 is 0. The number of anilines is 1. The Morgan fingerprint density at radius 1 is 1.26 bits per heavy atom. The highest BCUT2D eigenvalue weighted by atomic mass is 19.1. The van der Waals surface area contributed by atoms with E-state index in [1.165, 1.54) is 19.1 Å². The van der Waals surface area contributed by atoms with E-state index in [4.69, 9.17) is 0 Å². The first-order valence-electron chi connectivity index (χ1n) is 6.65. The van der Waals surface area contributed by atoms with Gasteiger partial charge in [0.05, 0.1) is 0 Å². The Morgan fingerprint density at radius 2 is 1.95 bits per heavy atom. The van der Waals surface area contributed by atoms with Gasteiger partial charge in [-0.25, -0.2) is 4.39 Å². The van der Waals surface area contributed by atoms with Crippen LogP contribution in [-0.4, -0.2) is 44.4 Å². The third-order valence-corrected chi connectivity index (χ3v) is 3.09. The third-order valence-electron chi connectivity index (χ3n) is 3.09. The van der Waals surface area contributed by atoms with Gasteiger partial charge in [-0.05, 0) is 59.1 Å². The lowest BCUT2D eigenvalue weighted by molar-refractivity contribution is 0.101. The Bertz CT molecular complexity index is 432. The van der Waals surface area contributed by atoms with Gasteiger partial charge in [0.1, 0.15) is 5.82 Å². The van der Waals surface area contributed by atoms with Crippen molar-refractivity contribution in [3.63, 3.8) is 0 Å². The van der Waals surface area contributed by atoms with Crippen LogP contribution in [0.1, 0.15) is 30.6 Å². The summed E-state index contributed by atoms with van der Waals surface area (Å²) in [5, 5.41) is 0. The van der Waals surface area contributed by atoms with E-state index in [-0.39, 0.29) is 11.6 Å². The second kappa shape index (κ2) is 7.24. The van der Waals surface area contributed by atoms with Crippen LogP contribution in [0.25, 0.3) is 0 Å². The Morgan fingerprint density at radius 3 is 2.47 bits per heavy atom. The average molecular weight is 266 g/mol. The highest BCUT2D eigenvalue weighted by Crippen LogP contribution is 2.22. The molecule has 0 aliphatic heterocycles. The van der Waals surface area contributed by atoms with E-state index >= 15 is 0 Å². The van der Waals surface area contributed by atoms with E-state index in [0.717, 1.165) is 31.7 Å². The van der Waals surface area contributed by atoms with E-state index < -0.39 is 0 Å². The Labute approximate surface area is 115 Å². The molecule has 0 heterocycles. The molecule has 0 atom stereocenters. The van der Waals surface area contributed by atoms with E-state index in [0.29, 0.717) is 5.56 Å². The standard InChI is InChI=1S/C15H23FN2O/c1-5-18(10-6-9-17(3)4)15-8-7-13(16)11-14(15)12(2)19/h7-8,11H,5-6,9-10H2,1-4H3. The van der Waals surface area contributed by atoms with Gasteiger partial charge in [0.25, 0.3) is 0 Å². The topological polar surface area (TPSA) is 23.6 Å². The quantitative estimate of drug-likeness (QED) is 0.709. The molecule has 106 valence electrons. The van der Waals surface area contributed by atoms with Crippen LogP contribution in [0.2, 0.25) is 0 Å². The van der Waals surface area contributed by atoms with Crippen molar-refractivity contribution in [1.29, 1.82) is 0 Å². The van der Waals surface area contributed by atoms with Crippen LogP contribution in [0.4, 0.5) is 10.1 Å². The molecule has 0 saturated carbocycles. The molecular weight excluding hydrogens is 243 g/mol. The van der Waals surface area contributed by atoms with Crippen LogP contribution in [-0.2, 0) is 0 Å². The number of carbonyl (C=O) groups excluding carboxylic acids is 1. The molecule has 0 unspecified atom stereocenters. The van der Waals surface area contributed by atoms with Crippen molar-refractivity contribution in [1.82, 2.24) is 4.90 Å². The predicted molar refractivity (Wildman–Crippen MR) is 77.5 cm³/mol. The molecule has 1 aromatic carbocycles. The molecular formula is C15H23FN2O. The molecule has 0 radical (unpaired) electrons. The maximum Gasteiger partial charge on any atom is 0.161 e. The first-order valence-corrected chi connectivity index (χ1v) is 6.65. The van der Waals surface area contributed by atoms with E-state index in [2.05, 4.69) is 9.80 Å². The first kappa shape index (κ1) is 15.6. The molecule has 0 saturated heterocycles. The molecule has 0 aromatic heterocycles. The molecule has 0 bridgehead atoms. The number of Topliss-reactive ketones (excluding diaryl/α,β-unsaturated/α-hetero) is 1. The molecule has 0 amide bonds. The minimum absolute atomic E-state index is 0.0967. The van der Waals surface area contributed by atoms with Gasteiger partial charge in [-0.3, -0.25) is 4.79 Å². The summed E-state index contributed by atoms with van der Waals surface area (Å²) < 4.78 is 13.3. The van der Waals surface area contributed by atoms with Crippen molar-refractivity contribution in [2.24, 2.45) is 0 Å². The minimum Gasteiger partial charge on any atom is -0.371 e. The summed E-state index contributed by atoms with van der Waals surface area (Å²) in [6.45, 7) is 6.18. The van der Waals surface area contributed by atoms with E-state index in [9.17, 15) is 9.18 Å². The molecule has 3 nitrogen and oxygen atoms in total. The molecule has 1 rings (SSSR count). The van der Waals surface area contributed by atoms with Gasteiger partial charge in [0, 0.05) is 24.3 Å². The fourth-order valence-electron chi connectivity index (χ4n) is 2.09. The van der Waals surface area contributed by atoms with Gasteiger partial charge in [0.15, 0.2) is 5.78 Å². The molecule has 0 spiro atoms. The molecule has 0 aliphatic rings. The second-order valence-electron chi connectivity index (χ2n) is 4.95. The van der Waals surface area contributed by atoms with Crippen LogP contribution < -0.4 is 4.90 Å². The molecule has 4 heteroatoms. The SMILES string of the molecule is CCN(CCCN(C)C)c1ccc(F)cc1C(C)=O. The van der Waals surface area contributed by atoms with Crippen molar-refractivity contribution in [2.75, 3.05) is 38.6 Å². The Kier molecular flexibility index (Phi) is 5.96. The van der Waals surface area contributed by atoms with Crippen molar-refractivity contribution in [3.8, 4) is 0 Å². The molecule has 1 aromatic rings. The summed E-state index contributed by atoms with van der Waals surface area (Å²) in [6.07, 6.45) is 1.01. The number of carbonyl (C=O) groups is 1. The van der Waals surface area contributed by atoms with Crippen LogP contribution in [0.15, 0.2) is 18.2 Å². The first-order chi connectivity index (χ1) is 8.95. The van der Waals surface area contributed by atoms with Crippen LogP contribution in [0.3, 0.4) is 0 Å². The highest BCUT2D eigenvalue weighted by molar-refractivity contribution is 5.99. The average Bonchev–Trinajstić information content (AvgIpc) is 2.34. The third kappa shape index (κ3) is 4.63. The van der Waals surface area contributed by atoms with Gasteiger partial charge in [-0.15, -0.1) is 0 Å². The van der Waals surface area contributed by atoms with Crippen molar-refractivity contribution in [3.05, 3.63) is 29.6 Å². The van der Waals surface area contributed by atoms with Gasteiger partial charge >= 0.3 is 0 Å². The number of halogens is 1. The number of nitrogens with zero attached hydrogens (tertiary/aromatic N) is 2. The van der Waals surface area contributed by atoms with E-state index in [1.54, 1.807) is 6.07 Å². The predicted octanol–water partition coefficient (Wildman–Crippen LogP) is 2.81. The molecule has 0 aliphatic carbocycles. The summed E-state index contributed by atoms with van der Waals surface area (Å²) in [5.41, 5.74) is 1.29. The van der Waals surface area contributed by atoms with Gasteiger partial charge < -0.3 is 9.80 Å². The Hall–Kier alpha value is -1.42. The Balaban J connectivity index is 2.88. The number of hydrogen-bond acceptors (Lipinski definition) is 3. The normalized spacial score (nSPS) is 10.8. The lowest BCUT2D eigenvalue weighted by atomic mass is 10.1. The zero-order chi connectivity index (χ0) is 14.4. The highest BCUT2D eigenvalue weighted by Gasteiger charge is 2.13. The van der Waals surface area contributed by atoms with Gasteiger partial charge in [-0.1, -0.05) is 0 Å². The maximum absolute atomic E-state index is 13.3. The maximum atomic E-state index is 13.3. The van der Waals surface area contributed by atoms with Gasteiger partial charge in [-0.2, -0.15) is 0 Å². The summed E-state index contributed by atoms with van der Waals surface area (Å²) in [5.74, 6) is -0.459. The largest absolute Gasteiger partial charge is 0.371 e. The summed E-state index contributed by atoms with van der Waals surface area (Å²) in [7, 11) is 4.07. The van der Waals surface area contributed by atoms with Crippen molar-refractivity contribution >= 4 is 11.5 Å². The molecule has 0 N–H and O–H groups in total. The minimum atomic E-state index is -0.363. The fraction of sp³-hybridized carbons (Fsp3) is 0.533. The number of hydrogen-bond donors (Lipinski definition) is 0. The zero-order valence-corrected chi connectivity index (χ0v) is 12.2. The van der Waals surface area contributed by atoms with Crippen molar-refractivity contribution in [2.45, 2.75) is 20.3 Å².